The van der Waals surface area contributed by atoms with E-state index < -0.39 is 5.41 Å². The third kappa shape index (κ3) is 3.53. The van der Waals surface area contributed by atoms with Crippen molar-refractivity contribution in [3.8, 4) is 0 Å². The van der Waals surface area contributed by atoms with Crippen molar-refractivity contribution in [1.82, 2.24) is 0 Å². The van der Waals surface area contributed by atoms with Crippen molar-refractivity contribution < 1.29 is 9.18 Å². The summed E-state index contributed by atoms with van der Waals surface area (Å²) >= 11 is 5.71. The van der Waals surface area contributed by atoms with Gasteiger partial charge in [-0.25, -0.2) is 4.39 Å². The van der Waals surface area contributed by atoms with Crippen LogP contribution in [0.15, 0.2) is 24.3 Å². The minimum absolute atomic E-state index is 0.304. The number of halogens is 2. The van der Waals surface area contributed by atoms with E-state index in [2.05, 4.69) is 13.8 Å². The van der Waals surface area contributed by atoms with E-state index in [4.69, 9.17) is 11.6 Å². The van der Waals surface area contributed by atoms with Crippen LogP contribution in [0.5, 0.6) is 0 Å². The molecule has 3 heteroatoms. The van der Waals surface area contributed by atoms with Crippen LogP contribution in [0.4, 0.5) is 4.39 Å². The van der Waals surface area contributed by atoms with E-state index in [0.29, 0.717) is 12.3 Å². The largest absolute Gasteiger partial charge is 0.280 e. The summed E-state index contributed by atoms with van der Waals surface area (Å²) in [4.78, 5) is 11.6. The standard InChI is InChI=1S/C14H18ClFO/c1-10(2)8-9-14(3,13(15)17)11-4-6-12(16)7-5-11/h4-7,10H,8-9H2,1-3H3/t14-/m0/s1. The van der Waals surface area contributed by atoms with E-state index in [0.717, 1.165) is 12.0 Å². The van der Waals surface area contributed by atoms with Crippen molar-refractivity contribution >= 4 is 16.8 Å². The summed E-state index contributed by atoms with van der Waals surface area (Å²) in [5.74, 6) is 0.202. The fraction of sp³-hybridized carbons (Fsp3) is 0.500. The van der Waals surface area contributed by atoms with E-state index in [-0.39, 0.29) is 11.1 Å². The second-order valence-corrected chi connectivity index (χ2v) is 5.39. The average molecular weight is 257 g/mol. The van der Waals surface area contributed by atoms with Gasteiger partial charge < -0.3 is 0 Å². The van der Waals surface area contributed by atoms with Gasteiger partial charge in [0.1, 0.15) is 5.82 Å². The third-order valence-electron chi connectivity index (χ3n) is 3.14. The van der Waals surface area contributed by atoms with Crippen LogP contribution in [-0.4, -0.2) is 5.24 Å². The molecule has 0 aromatic heterocycles. The Bertz CT molecular complexity index is 386. The van der Waals surface area contributed by atoms with Gasteiger partial charge in [0.25, 0.3) is 0 Å². The zero-order valence-electron chi connectivity index (χ0n) is 10.5. The predicted octanol–water partition coefficient (Wildman–Crippen LogP) is 4.29. The summed E-state index contributed by atoms with van der Waals surface area (Å²) < 4.78 is 12.9. The molecule has 0 aliphatic rings. The molecule has 17 heavy (non-hydrogen) atoms. The van der Waals surface area contributed by atoms with Gasteiger partial charge >= 0.3 is 0 Å². The van der Waals surface area contributed by atoms with Crippen molar-refractivity contribution in [2.75, 3.05) is 0 Å². The van der Waals surface area contributed by atoms with E-state index in [1.165, 1.54) is 12.1 Å². The van der Waals surface area contributed by atoms with Gasteiger partial charge in [-0.1, -0.05) is 26.0 Å². The predicted molar refractivity (Wildman–Crippen MR) is 68.7 cm³/mol. The Balaban J connectivity index is 2.98. The molecule has 0 saturated carbocycles. The molecule has 0 aliphatic carbocycles. The maximum absolute atomic E-state index is 12.9. The summed E-state index contributed by atoms with van der Waals surface area (Å²) in [6.07, 6.45) is 1.59. The molecule has 0 N–H and O–H groups in total. The Labute approximate surface area is 107 Å². The molecule has 1 rings (SSSR count). The molecule has 0 radical (unpaired) electrons. The number of benzene rings is 1. The molecule has 1 aromatic carbocycles. The van der Waals surface area contributed by atoms with Crippen molar-refractivity contribution in [3.63, 3.8) is 0 Å². The first-order chi connectivity index (χ1) is 7.86. The minimum atomic E-state index is -0.723. The second-order valence-electron chi connectivity index (χ2n) is 5.05. The van der Waals surface area contributed by atoms with Crippen molar-refractivity contribution in [2.24, 2.45) is 5.92 Å². The summed E-state index contributed by atoms with van der Waals surface area (Å²) in [6.45, 7) is 6.02. The smallest absolute Gasteiger partial charge is 0.231 e. The molecule has 0 aliphatic heterocycles. The fourth-order valence-electron chi connectivity index (χ4n) is 1.75. The third-order valence-corrected chi connectivity index (χ3v) is 3.55. The lowest BCUT2D eigenvalue weighted by atomic mass is 9.78. The van der Waals surface area contributed by atoms with Gasteiger partial charge in [-0.2, -0.15) is 0 Å². The molecule has 1 nitrogen and oxygen atoms in total. The Kier molecular flexibility index (Phi) is 4.70. The van der Waals surface area contributed by atoms with Crippen LogP contribution in [0.2, 0.25) is 0 Å². The molecule has 0 bridgehead atoms. The zero-order valence-corrected chi connectivity index (χ0v) is 11.2. The lowest BCUT2D eigenvalue weighted by molar-refractivity contribution is -0.116. The highest BCUT2D eigenvalue weighted by Gasteiger charge is 2.33. The number of hydrogen-bond donors (Lipinski definition) is 0. The van der Waals surface area contributed by atoms with Crippen LogP contribution in [0.1, 0.15) is 39.2 Å². The fourth-order valence-corrected chi connectivity index (χ4v) is 1.95. The van der Waals surface area contributed by atoms with Crippen LogP contribution in [-0.2, 0) is 10.2 Å². The Morgan fingerprint density at radius 2 is 1.88 bits per heavy atom. The van der Waals surface area contributed by atoms with Crippen molar-refractivity contribution in [1.29, 1.82) is 0 Å². The highest BCUT2D eigenvalue weighted by atomic mass is 35.5. The highest BCUT2D eigenvalue weighted by Crippen LogP contribution is 2.33. The number of hydrogen-bond acceptors (Lipinski definition) is 1. The Morgan fingerprint density at radius 3 is 2.29 bits per heavy atom. The summed E-state index contributed by atoms with van der Waals surface area (Å²) in [6, 6.07) is 6.00. The SMILES string of the molecule is CC(C)CC[C@](C)(C(=O)Cl)c1ccc(F)cc1. The molecular formula is C14H18ClFO. The van der Waals surface area contributed by atoms with Gasteiger partial charge in [-0.3, -0.25) is 4.79 Å². The van der Waals surface area contributed by atoms with Gasteiger partial charge in [-0.05, 0) is 55.0 Å². The summed E-state index contributed by atoms with van der Waals surface area (Å²) in [7, 11) is 0. The summed E-state index contributed by atoms with van der Waals surface area (Å²) in [5, 5.41) is -0.384. The van der Waals surface area contributed by atoms with Gasteiger partial charge in [0, 0.05) is 0 Å². The molecule has 1 atom stereocenters. The maximum Gasteiger partial charge on any atom is 0.231 e. The average Bonchev–Trinajstić information content (AvgIpc) is 2.26. The topological polar surface area (TPSA) is 17.1 Å². The quantitative estimate of drug-likeness (QED) is 0.719. The van der Waals surface area contributed by atoms with Crippen LogP contribution in [0.3, 0.4) is 0 Å². The lowest BCUT2D eigenvalue weighted by Crippen LogP contribution is -2.29. The Morgan fingerprint density at radius 1 is 1.35 bits per heavy atom. The molecule has 0 heterocycles. The van der Waals surface area contributed by atoms with Crippen LogP contribution >= 0.6 is 11.6 Å². The maximum atomic E-state index is 12.9. The first kappa shape index (κ1) is 14.2. The minimum Gasteiger partial charge on any atom is -0.280 e. The number of rotatable bonds is 5. The van der Waals surface area contributed by atoms with E-state index in [1.807, 2.05) is 6.92 Å². The van der Waals surface area contributed by atoms with Crippen LogP contribution in [0.25, 0.3) is 0 Å². The first-order valence-corrected chi connectivity index (χ1v) is 6.20. The number of carbonyl (C=O) groups is 1. The Hall–Kier alpha value is -0.890. The lowest BCUT2D eigenvalue weighted by Gasteiger charge is -2.26. The zero-order chi connectivity index (χ0) is 13.1. The van der Waals surface area contributed by atoms with Crippen molar-refractivity contribution in [3.05, 3.63) is 35.6 Å². The van der Waals surface area contributed by atoms with Gasteiger partial charge in [0.2, 0.25) is 5.24 Å². The van der Waals surface area contributed by atoms with Crippen molar-refractivity contribution in [2.45, 2.75) is 39.0 Å². The van der Waals surface area contributed by atoms with Gasteiger partial charge in [-0.15, -0.1) is 0 Å². The summed E-state index contributed by atoms with van der Waals surface area (Å²) in [5.41, 5.74) is 0.0547. The van der Waals surface area contributed by atoms with Crippen LogP contribution in [0, 0.1) is 11.7 Å². The van der Waals surface area contributed by atoms with E-state index in [9.17, 15) is 9.18 Å². The molecule has 94 valence electrons. The monoisotopic (exact) mass is 256 g/mol. The number of carbonyl (C=O) groups excluding carboxylic acids is 1. The second kappa shape index (κ2) is 5.63. The molecule has 0 amide bonds. The molecule has 1 aromatic rings. The van der Waals surface area contributed by atoms with Gasteiger partial charge in [0.15, 0.2) is 0 Å². The molecule has 0 fully saturated rings. The molecule has 0 spiro atoms. The van der Waals surface area contributed by atoms with Gasteiger partial charge in [0.05, 0.1) is 5.41 Å². The molecular weight excluding hydrogens is 239 g/mol. The molecule has 0 saturated heterocycles. The normalized spacial score (nSPS) is 14.7. The molecule has 0 unspecified atom stereocenters. The first-order valence-electron chi connectivity index (χ1n) is 5.82. The van der Waals surface area contributed by atoms with E-state index >= 15 is 0 Å². The highest BCUT2D eigenvalue weighted by molar-refractivity contribution is 6.65. The van der Waals surface area contributed by atoms with Crippen LogP contribution < -0.4 is 0 Å². The van der Waals surface area contributed by atoms with E-state index in [1.54, 1.807) is 12.1 Å².